The maximum absolute atomic E-state index is 8.57. The van der Waals surface area contributed by atoms with Crippen LogP contribution in [0.25, 0.3) is 0 Å². The predicted molar refractivity (Wildman–Crippen MR) is 37.4 cm³/mol. The molecule has 4 N–H and O–H groups in total. The molecule has 1 aromatic rings. The van der Waals surface area contributed by atoms with Crippen LogP contribution in [0.3, 0.4) is 0 Å². The van der Waals surface area contributed by atoms with Crippen molar-refractivity contribution in [3.05, 3.63) is 18.2 Å². The minimum absolute atomic E-state index is 0.00681. The van der Waals surface area contributed by atoms with Crippen LogP contribution in [-0.4, -0.2) is 27.7 Å². The Labute approximate surface area is 59.1 Å². The molecule has 0 saturated carbocycles. The lowest BCUT2D eigenvalue weighted by Gasteiger charge is -2.03. The maximum Gasteiger partial charge on any atom is 0.0923 e. The van der Waals surface area contributed by atoms with Gasteiger partial charge in [0, 0.05) is 18.7 Å². The Morgan fingerprint density at radius 2 is 2.60 bits per heavy atom. The van der Waals surface area contributed by atoms with Gasteiger partial charge in [0.2, 0.25) is 0 Å². The highest BCUT2D eigenvalue weighted by Crippen LogP contribution is 1.94. The highest BCUT2D eigenvalue weighted by Gasteiger charge is 2.02. The molecule has 0 saturated heterocycles. The molecule has 0 aromatic carbocycles. The topological polar surface area (TPSA) is 74.9 Å². The molecule has 0 radical (unpaired) electrons. The number of imidazole rings is 1. The number of hydrogen-bond acceptors (Lipinski definition) is 3. The van der Waals surface area contributed by atoms with Crippen molar-refractivity contribution in [3.63, 3.8) is 0 Å². The molecule has 0 spiro atoms. The number of aliphatic hydroxyl groups is 1. The minimum Gasteiger partial charge on any atom is -0.395 e. The highest BCUT2D eigenvalue weighted by molar-refractivity contribution is 4.96. The van der Waals surface area contributed by atoms with Gasteiger partial charge < -0.3 is 15.8 Å². The van der Waals surface area contributed by atoms with Crippen molar-refractivity contribution in [2.75, 3.05) is 6.61 Å². The first kappa shape index (κ1) is 7.24. The minimum atomic E-state index is -0.191. The zero-order valence-corrected chi connectivity index (χ0v) is 5.62. The fraction of sp³-hybridized carbons (Fsp3) is 0.500. The van der Waals surface area contributed by atoms with E-state index < -0.39 is 0 Å². The molecule has 1 unspecified atom stereocenters. The maximum atomic E-state index is 8.57. The van der Waals surface area contributed by atoms with Gasteiger partial charge in [-0.3, -0.25) is 0 Å². The second kappa shape index (κ2) is 3.34. The predicted octanol–water partition coefficient (Wildman–Crippen LogP) is -0.728. The molecule has 0 bridgehead atoms. The normalized spacial score (nSPS) is 13.4. The largest absolute Gasteiger partial charge is 0.395 e. The van der Waals surface area contributed by atoms with E-state index in [1.54, 1.807) is 12.5 Å². The lowest BCUT2D eigenvalue weighted by atomic mass is 10.2. The summed E-state index contributed by atoms with van der Waals surface area (Å²) in [6.07, 6.45) is 3.99. The molecule has 1 atom stereocenters. The number of nitrogens with two attached hydrogens (primary N) is 1. The van der Waals surface area contributed by atoms with Gasteiger partial charge in [0.1, 0.15) is 0 Å². The Kier molecular flexibility index (Phi) is 2.42. The van der Waals surface area contributed by atoms with Crippen LogP contribution in [0, 0.1) is 0 Å². The lowest BCUT2D eigenvalue weighted by Crippen LogP contribution is -2.26. The first-order valence-electron chi connectivity index (χ1n) is 3.17. The quantitative estimate of drug-likeness (QED) is 0.519. The van der Waals surface area contributed by atoms with Crippen molar-refractivity contribution in [2.45, 2.75) is 12.5 Å². The third kappa shape index (κ3) is 1.82. The number of aliphatic hydroxyl groups excluding tert-OH is 1. The molecular weight excluding hydrogens is 130 g/mol. The van der Waals surface area contributed by atoms with Crippen LogP contribution in [0.4, 0.5) is 0 Å². The summed E-state index contributed by atoms with van der Waals surface area (Å²) in [6, 6.07) is -0.191. The average Bonchev–Trinajstić information content (AvgIpc) is 2.40. The fourth-order valence-electron chi connectivity index (χ4n) is 0.736. The van der Waals surface area contributed by atoms with E-state index >= 15 is 0 Å². The van der Waals surface area contributed by atoms with Crippen molar-refractivity contribution in [1.29, 1.82) is 0 Å². The molecule has 1 aromatic heterocycles. The fourth-order valence-corrected chi connectivity index (χ4v) is 0.736. The summed E-state index contributed by atoms with van der Waals surface area (Å²) in [4.78, 5) is 6.77. The van der Waals surface area contributed by atoms with Crippen LogP contribution < -0.4 is 5.73 Å². The summed E-state index contributed by atoms with van der Waals surface area (Å²) < 4.78 is 0. The highest BCUT2D eigenvalue weighted by atomic mass is 16.3. The van der Waals surface area contributed by atoms with Crippen LogP contribution >= 0.6 is 0 Å². The van der Waals surface area contributed by atoms with Crippen molar-refractivity contribution in [1.82, 2.24) is 9.97 Å². The molecule has 1 heterocycles. The lowest BCUT2D eigenvalue weighted by molar-refractivity contribution is 0.264. The van der Waals surface area contributed by atoms with Crippen LogP contribution in [0.5, 0.6) is 0 Å². The monoisotopic (exact) mass is 141 g/mol. The van der Waals surface area contributed by atoms with E-state index in [2.05, 4.69) is 9.97 Å². The van der Waals surface area contributed by atoms with Crippen molar-refractivity contribution >= 4 is 0 Å². The van der Waals surface area contributed by atoms with Crippen LogP contribution in [-0.2, 0) is 6.42 Å². The van der Waals surface area contributed by atoms with E-state index in [0.717, 1.165) is 5.69 Å². The van der Waals surface area contributed by atoms with Crippen molar-refractivity contribution in [2.24, 2.45) is 5.73 Å². The number of nitrogens with one attached hydrogen (secondary N) is 1. The molecule has 0 aliphatic rings. The molecule has 0 fully saturated rings. The summed E-state index contributed by atoms with van der Waals surface area (Å²) in [6.45, 7) is 0.00681. The summed E-state index contributed by atoms with van der Waals surface area (Å²) in [7, 11) is 0. The Hall–Kier alpha value is -0.870. The van der Waals surface area contributed by atoms with Gasteiger partial charge in [-0.15, -0.1) is 0 Å². The van der Waals surface area contributed by atoms with Gasteiger partial charge in [-0.2, -0.15) is 0 Å². The number of hydrogen-bond donors (Lipinski definition) is 3. The van der Waals surface area contributed by atoms with Crippen LogP contribution in [0.2, 0.25) is 0 Å². The standard InChI is InChI=1S/C6H11N3O/c7-5(3-10)1-6-2-8-4-9-6/h2,4-5,10H,1,3,7H2,(H,8,9). The van der Waals surface area contributed by atoms with Gasteiger partial charge in [-0.25, -0.2) is 4.98 Å². The number of nitrogens with zero attached hydrogens (tertiary/aromatic N) is 1. The molecule has 10 heavy (non-hydrogen) atoms. The van der Waals surface area contributed by atoms with Gasteiger partial charge in [-0.05, 0) is 0 Å². The Morgan fingerprint density at radius 1 is 1.80 bits per heavy atom. The molecule has 0 amide bonds. The molecule has 4 heteroatoms. The Bertz CT molecular complexity index is 173. The van der Waals surface area contributed by atoms with Gasteiger partial charge in [0.15, 0.2) is 0 Å². The van der Waals surface area contributed by atoms with E-state index in [-0.39, 0.29) is 12.6 Å². The number of aromatic nitrogens is 2. The Balaban J connectivity index is 2.40. The van der Waals surface area contributed by atoms with E-state index in [4.69, 9.17) is 10.8 Å². The second-order valence-corrected chi connectivity index (χ2v) is 2.21. The van der Waals surface area contributed by atoms with Gasteiger partial charge >= 0.3 is 0 Å². The second-order valence-electron chi connectivity index (χ2n) is 2.21. The van der Waals surface area contributed by atoms with Crippen LogP contribution in [0.15, 0.2) is 12.5 Å². The van der Waals surface area contributed by atoms with Gasteiger partial charge in [-0.1, -0.05) is 0 Å². The van der Waals surface area contributed by atoms with Crippen molar-refractivity contribution < 1.29 is 5.11 Å². The smallest absolute Gasteiger partial charge is 0.0923 e. The first-order chi connectivity index (χ1) is 4.83. The number of rotatable bonds is 3. The molecule has 4 nitrogen and oxygen atoms in total. The van der Waals surface area contributed by atoms with E-state index in [0.29, 0.717) is 6.42 Å². The molecule has 0 aliphatic carbocycles. The molecule has 56 valence electrons. The van der Waals surface area contributed by atoms with Gasteiger partial charge in [0.05, 0.1) is 18.6 Å². The van der Waals surface area contributed by atoms with E-state index in [1.807, 2.05) is 0 Å². The summed E-state index contributed by atoms with van der Waals surface area (Å²) in [5.41, 5.74) is 6.35. The van der Waals surface area contributed by atoms with Gasteiger partial charge in [0.25, 0.3) is 0 Å². The third-order valence-corrected chi connectivity index (χ3v) is 1.26. The number of aromatic amines is 1. The summed E-state index contributed by atoms with van der Waals surface area (Å²) >= 11 is 0. The zero-order chi connectivity index (χ0) is 7.40. The third-order valence-electron chi connectivity index (χ3n) is 1.26. The van der Waals surface area contributed by atoms with Crippen LogP contribution in [0.1, 0.15) is 5.69 Å². The summed E-state index contributed by atoms with van der Waals surface area (Å²) in [5, 5.41) is 8.57. The molecular formula is C6H11N3O. The first-order valence-corrected chi connectivity index (χ1v) is 3.17. The average molecular weight is 141 g/mol. The summed E-state index contributed by atoms with van der Waals surface area (Å²) in [5.74, 6) is 0. The molecule has 0 aliphatic heterocycles. The van der Waals surface area contributed by atoms with Crippen molar-refractivity contribution in [3.8, 4) is 0 Å². The SMILES string of the molecule is NC(CO)Cc1c[nH]cn1. The molecule has 1 rings (SSSR count). The van der Waals surface area contributed by atoms with E-state index in [1.165, 1.54) is 0 Å². The Morgan fingerprint density at radius 3 is 3.10 bits per heavy atom. The van der Waals surface area contributed by atoms with E-state index in [9.17, 15) is 0 Å². The number of H-pyrrole nitrogens is 1. The zero-order valence-electron chi connectivity index (χ0n) is 5.62.